The third kappa shape index (κ3) is 3.90. The van der Waals surface area contributed by atoms with Crippen LogP contribution in [0.25, 0.3) is 0 Å². The van der Waals surface area contributed by atoms with Gasteiger partial charge in [-0.1, -0.05) is 40.2 Å². The molecule has 20 heavy (non-hydrogen) atoms. The van der Waals surface area contributed by atoms with Crippen LogP contribution in [0.1, 0.15) is 17.0 Å². The summed E-state index contributed by atoms with van der Waals surface area (Å²) in [7, 11) is 0. The molecule has 0 fully saturated rings. The van der Waals surface area contributed by atoms with Gasteiger partial charge in [0.05, 0.1) is 5.92 Å². The average molecular weight is 334 g/mol. The highest BCUT2D eigenvalue weighted by molar-refractivity contribution is 9.10. The Morgan fingerprint density at radius 2 is 1.95 bits per heavy atom. The fourth-order valence-electron chi connectivity index (χ4n) is 2.14. The highest BCUT2D eigenvalue weighted by atomic mass is 79.9. The molecule has 0 aliphatic heterocycles. The Labute approximate surface area is 126 Å². The number of carboxylic acid groups (broad SMARTS) is 1. The van der Waals surface area contributed by atoms with E-state index >= 15 is 0 Å². The summed E-state index contributed by atoms with van der Waals surface area (Å²) in [6, 6.07) is 13.4. The second-order valence-corrected chi connectivity index (χ2v) is 5.66. The minimum Gasteiger partial charge on any atom is -0.481 e. The van der Waals surface area contributed by atoms with Gasteiger partial charge in [0.25, 0.3) is 0 Å². The molecule has 0 saturated heterocycles. The maximum atomic E-state index is 11.5. The molecule has 1 aromatic carbocycles. The zero-order valence-corrected chi connectivity index (χ0v) is 12.8. The number of aryl methyl sites for hydroxylation is 1. The van der Waals surface area contributed by atoms with Crippen LogP contribution >= 0.6 is 15.9 Å². The van der Waals surface area contributed by atoms with Crippen molar-refractivity contribution in [2.24, 2.45) is 5.92 Å². The van der Waals surface area contributed by atoms with Crippen molar-refractivity contribution in [2.45, 2.75) is 19.8 Å². The van der Waals surface area contributed by atoms with E-state index < -0.39 is 11.9 Å². The van der Waals surface area contributed by atoms with Gasteiger partial charge in [0.1, 0.15) is 0 Å². The molecule has 1 heterocycles. The van der Waals surface area contributed by atoms with Crippen LogP contribution in [0.15, 0.2) is 46.9 Å². The first kappa shape index (κ1) is 14.7. The number of hydrogen-bond acceptors (Lipinski definition) is 2. The summed E-state index contributed by atoms with van der Waals surface area (Å²) in [4.78, 5) is 15.8. The van der Waals surface area contributed by atoms with E-state index in [0.717, 1.165) is 21.4 Å². The number of aliphatic carboxylic acids is 1. The molecule has 0 radical (unpaired) electrons. The smallest absolute Gasteiger partial charge is 0.307 e. The molecule has 3 nitrogen and oxygen atoms in total. The third-order valence-corrected chi connectivity index (χ3v) is 3.95. The summed E-state index contributed by atoms with van der Waals surface area (Å²) in [6.07, 6.45) is 0.935. The zero-order valence-electron chi connectivity index (χ0n) is 11.2. The quantitative estimate of drug-likeness (QED) is 0.908. The fraction of sp³-hybridized carbons (Fsp3) is 0.250. The number of rotatable bonds is 5. The minimum absolute atomic E-state index is 0.443. The number of aromatic nitrogens is 1. The fourth-order valence-corrected chi connectivity index (χ4v) is 2.59. The Bertz CT molecular complexity index is 613. The Hall–Kier alpha value is -1.68. The molecule has 0 amide bonds. The van der Waals surface area contributed by atoms with Gasteiger partial charge in [-0.05, 0) is 37.1 Å². The first-order valence-corrected chi connectivity index (χ1v) is 7.24. The number of carboxylic acids is 1. The van der Waals surface area contributed by atoms with Gasteiger partial charge in [0.15, 0.2) is 0 Å². The topological polar surface area (TPSA) is 50.2 Å². The molecule has 0 aliphatic carbocycles. The van der Waals surface area contributed by atoms with Gasteiger partial charge in [-0.25, -0.2) is 0 Å². The van der Waals surface area contributed by atoms with Crippen LogP contribution in [0.5, 0.6) is 0 Å². The van der Waals surface area contributed by atoms with Crippen LogP contribution in [0, 0.1) is 12.8 Å². The van der Waals surface area contributed by atoms with Crippen molar-refractivity contribution in [1.29, 1.82) is 0 Å². The van der Waals surface area contributed by atoms with Crippen molar-refractivity contribution in [2.75, 3.05) is 0 Å². The molecule has 1 aromatic heterocycles. The summed E-state index contributed by atoms with van der Waals surface area (Å²) >= 11 is 3.46. The summed E-state index contributed by atoms with van der Waals surface area (Å²) in [5.41, 5.74) is 2.74. The van der Waals surface area contributed by atoms with Gasteiger partial charge in [-0.2, -0.15) is 0 Å². The largest absolute Gasteiger partial charge is 0.481 e. The summed E-state index contributed by atoms with van der Waals surface area (Å²) in [6.45, 7) is 1.91. The monoisotopic (exact) mass is 333 g/mol. The van der Waals surface area contributed by atoms with Crippen LogP contribution in [-0.4, -0.2) is 16.1 Å². The molecule has 0 saturated carbocycles. The van der Waals surface area contributed by atoms with Crippen molar-refractivity contribution in [3.8, 4) is 0 Å². The molecule has 0 aliphatic rings. The lowest BCUT2D eigenvalue weighted by molar-refractivity contribution is -0.141. The number of nitrogens with zero attached hydrogens (tertiary/aromatic N) is 1. The van der Waals surface area contributed by atoms with Gasteiger partial charge in [-0.15, -0.1) is 0 Å². The summed E-state index contributed by atoms with van der Waals surface area (Å²) in [5, 5.41) is 9.41. The predicted molar refractivity (Wildman–Crippen MR) is 81.6 cm³/mol. The van der Waals surface area contributed by atoms with Gasteiger partial charge in [0, 0.05) is 22.3 Å². The van der Waals surface area contributed by atoms with Crippen LogP contribution in [-0.2, 0) is 17.6 Å². The molecule has 1 atom stereocenters. The van der Waals surface area contributed by atoms with Gasteiger partial charge in [-0.3, -0.25) is 9.78 Å². The maximum Gasteiger partial charge on any atom is 0.307 e. The SMILES string of the molecule is Cc1cccc(CC(Cc2ccccc2Br)C(=O)O)n1. The van der Waals surface area contributed by atoms with E-state index in [4.69, 9.17) is 0 Å². The number of halogens is 1. The molecule has 2 aromatic rings. The zero-order chi connectivity index (χ0) is 14.5. The van der Waals surface area contributed by atoms with Gasteiger partial charge in [0.2, 0.25) is 0 Å². The molecule has 1 unspecified atom stereocenters. The van der Waals surface area contributed by atoms with Crippen molar-refractivity contribution in [1.82, 2.24) is 4.98 Å². The number of carbonyl (C=O) groups is 1. The number of benzene rings is 1. The van der Waals surface area contributed by atoms with E-state index in [2.05, 4.69) is 20.9 Å². The Morgan fingerprint density at radius 1 is 1.20 bits per heavy atom. The molecule has 0 bridgehead atoms. The van der Waals surface area contributed by atoms with Crippen LogP contribution in [0.2, 0.25) is 0 Å². The lowest BCUT2D eigenvalue weighted by Gasteiger charge is -2.13. The molecule has 4 heteroatoms. The normalized spacial score (nSPS) is 12.1. The van der Waals surface area contributed by atoms with E-state index in [-0.39, 0.29) is 0 Å². The maximum absolute atomic E-state index is 11.5. The number of pyridine rings is 1. The minimum atomic E-state index is -0.788. The van der Waals surface area contributed by atoms with Crippen LogP contribution in [0.4, 0.5) is 0 Å². The molecule has 2 rings (SSSR count). The van der Waals surface area contributed by atoms with E-state index in [9.17, 15) is 9.90 Å². The Balaban J connectivity index is 2.16. The summed E-state index contributed by atoms with van der Waals surface area (Å²) in [5.74, 6) is -1.26. The third-order valence-electron chi connectivity index (χ3n) is 3.17. The predicted octanol–water partition coefficient (Wildman–Crippen LogP) is 3.64. The highest BCUT2D eigenvalue weighted by Gasteiger charge is 2.20. The van der Waals surface area contributed by atoms with Gasteiger partial charge >= 0.3 is 5.97 Å². The molecule has 0 spiro atoms. The van der Waals surface area contributed by atoms with Crippen molar-refractivity contribution in [3.63, 3.8) is 0 Å². The number of hydrogen-bond donors (Lipinski definition) is 1. The summed E-state index contributed by atoms with van der Waals surface area (Å²) < 4.78 is 0.948. The lowest BCUT2D eigenvalue weighted by Crippen LogP contribution is -2.20. The second kappa shape index (κ2) is 6.66. The van der Waals surface area contributed by atoms with Gasteiger partial charge < -0.3 is 5.11 Å². The van der Waals surface area contributed by atoms with E-state index in [0.29, 0.717) is 12.8 Å². The first-order valence-electron chi connectivity index (χ1n) is 6.45. The lowest BCUT2D eigenvalue weighted by atomic mass is 9.94. The first-order chi connectivity index (χ1) is 9.56. The Morgan fingerprint density at radius 3 is 2.60 bits per heavy atom. The van der Waals surface area contributed by atoms with Crippen molar-refractivity contribution in [3.05, 3.63) is 63.9 Å². The van der Waals surface area contributed by atoms with E-state index in [1.165, 1.54) is 0 Å². The second-order valence-electron chi connectivity index (χ2n) is 4.81. The van der Waals surface area contributed by atoms with Crippen LogP contribution in [0.3, 0.4) is 0 Å². The van der Waals surface area contributed by atoms with E-state index in [1.54, 1.807) is 0 Å². The Kier molecular flexibility index (Phi) is 4.90. The highest BCUT2D eigenvalue weighted by Crippen LogP contribution is 2.21. The van der Waals surface area contributed by atoms with Crippen molar-refractivity contribution < 1.29 is 9.90 Å². The molecule has 104 valence electrons. The standard InChI is InChI=1S/C16H16BrNO2/c1-11-5-4-7-14(18-11)10-13(16(19)20)9-12-6-2-3-8-15(12)17/h2-8,13H,9-10H2,1H3,(H,19,20). The van der Waals surface area contributed by atoms with E-state index in [1.807, 2.05) is 49.4 Å². The molecular weight excluding hydrogens is 318 g/mol. The molecule has 1 N–H and O–H groups in total. The van der Waals surface area contributed by atoms with Crippen molar-refractivity contribution >= 4 is 21.9 Å². The average Bonchev–Trinajstić information content (AvgIpc) is 2.40. The molecular formula is C16H16BrNO2. The van der Waals surface area contributed by atoms with Crippen LogP contribution < -0.4 is 0 Å².